The number of rotatable bonds is 11. The van der Waals surface area contributed by atoms with Gasteiger partial charge in [-0.25, -0.2) is 4.79 Å². The average Bonchev–Trinajstić information content (AvgIpc) is 2.72. The zero-order valence-corrected chi connectivity index (χ0v) is 17.6. The van der Waals surface area contributed by atoms with E-state index in [1.807, 2.05) is 6.07 Å². The molecule has 0 saturated heterocycles. The van der Waals surface area contributed by atoms with Crippen LogP contribution in [0.5, 0.6) is 0 Å². The third-order valence-corrected chi connectivity index (χ3v) is 4.18. The molecule has 1 aromatic rings. The van der Waals surface area contributed by atoms with Crippen LogP contribution in [0.3, 0.4) is 0 Å². The minimum Gasteiger partial charge on any atom is -0.480 e. The maximum Gasteiger partial charge on any atom is 0.328 e. The number of ether oxygens (including phenoxy) is 1. The molecule has 0 heterocycles. The first kappa shape index (κ1) is 25.6. The van der Waals surface area contributed by atoms with Crippen LogP contribution >= 0.6 is 0 Å². The lowest BCUT2D eigenvalue weighted by atomic mass is 10.1. The van der Waals surface area contributed by atoms with Gasteiger partial charge in [-0.15, -0.1) is 0 Å². The van der Waals surface area contributed by atoms with Gasteiger partial charge in [0.1, 0.15) is 24.7 Å². The molecular formula is C20H28N4O7. The number of carbonyl (C=O) groups excluding carboxylic acids is 4. The summed E-state index contributed by atoms with van der Waals surface area (Å²) in [6.45, 7) is 4.16. The first-order chi connectivity index (χ1) is 14.5. The van der Waals surface area contributed by atoms with Gasteiger partial charge in [0.15, 0.2) is 0 Å². The van der Waals surface area contributed by atoms with Gasteiger partial charge in [0, 0.05) is 0 Å². The zero-order chi connectivity index (χ0) is 23.6. The Bertz CT molecular complexity index is 800. The number of benzene rings is 1. The van der Waals surface area contributed by atoms with Gasteiger partial charge >= 0.3 is 11.9 Å². The quantitative estimate of drug-likeness (QED) is 0.276. The molecule has 0 bridgehead atoms. The number of amides is 3. The summed E-state index contributed by atoms with van der Waals surface area (Å²) in [7, 11) is 0. The Kier molecular flexibility index (Phi) is 10.1. The second-order valence-electron chi connectivity index (χ2n) is 6.99. The van der Waals surface area contributed by atoms with E-state index >= 15 is 0 Å². The van der Waals surface area contributed by atoms with Crippen molar-refractivity contribution in [2.24, 2.45) is 5.73 Å². The maximum absolute atomic E-state index is 12.2. The molecule has 6 N–H and O–H groups in total. The summed E-state index contributed by atoms with van der Waals surface area (Å²) in [6.07, 6.45) is -0.454. The van der Waals surface area contributed by atoms with Crippen LogP contribution < -0.4 is 21.7 Å². The summed E-state index contributed by atoms with van der Waals surface area (Å²) in [5.74, 6) is -4.01. The summed E-state index contributed by atoms with van der Waals surface area (Å²) >= 11 is 0. The molecule has 0 spiro atoms. The first-order valence-electron chi connectivity index (χ1n) is 9.60. The molecule has 11 heteroatoms. The van der Waals surface area contributed by atoms with Gasteiger partial charge in [0.05, 0.1) is 12.5 Å². The van der Waals surface area contributed by atoms with Crippen molar-refractivity contribution < 1.29 is 33.8 Å². The van der Waals surface area contributed by atoms with Gasteiger partial charge < -0.3 is 31.5 Å². The van der Waals surface area contributed by atoms with Crippen LogP contribution in [-0.4, -0.2) is 58.9 Å². The number of nitrogens with two attached hydrogens (primary N) is 1. The van der Waals surface area contributed by atoms with E-state index in [2.05, 4.69) is 16.0 Å². The van der Waals surface area contributed by atoms with E-state index in [0.29, 0.717) is 0 Å². The Morgan fingerprint density at radius 3 is 2.06 bits per heavy atom. The Morgan fingerprint density at radius 1 is 0.903 bits per heavy atom. The summed E-state index contributed by atoms with van der Waals surface area (Å²) in [5.41, 5.74) is 6.39. The molecule has 1 aromatic carbocycles. The van der Waals surface area contributed by atoms with Crippen LogP contribution in [0.25, 0.3) is 0 Å². The van der Waals surface area contributed by atoms with E-state index in [9.17, 15) is 24.0 Å². The van der Waals surface area contributed by atoms with Crippen LogP contribution in [0, 0.1) is 0 Å². The van der Waals surface area contributed by atoms with Gasteiger partial charge in [0.25, 0.3) is 0 Å². The third kappa shape index (κ3) is 9.26. The number of carboxylic acid groups (broad SMARTS) is 1. The molecule has 0 aromatic heterocycles. The molecule has 3 amide bonds. The largest absolute Gasteiger partial charge is 0.480 e. The van der Waals surface area contributed by atoms with Crippen molar-refractivity contribution in [3.05, 3.63) is 35.9 Å². The molecule has 31 heavy (non-hydrogen) atoms. The molecule has 0 aliphatic heterocycles. The highest BCUT2D eigenvalue weighted by molar-refractivity contribution is 5.93. The molecule has 0 radical (unpaired) electrons. The standard InChI is InChI=1S/C20H28N4O7/c1-11(22-16(25)9-15(21)18(27)23-12(2)19(28)29)17(26)24-13(3)20(30)31-10-14-7-5-4-6-8-14/h4-8,11-13,15H,9-10,21H2,1-3H3,(H,22,25)(H,23,27)(H,24,26)(H,28,29)/t11-,12-,13+,15-/m0/s1. The Balaban J connectivity index is 2.42. The van der Waals surface area contributed by atoms with Crippen molar-refractivity contribution >= 4 is 29.7 Å². The topological polar surface area (TPSA) is 177 Å². The van der Waals surface area contributed by atoms with Gasteiger partial charge in [-0.1, -0.05) is 30.3 Å². The number of carboxylic acids is 1. The number of hydrogen-bond donors (Lipinski definition) is 5. The fraction of sp³-hybridized carbons (Fsp3) is 0.450. The van der Waals surface area contributed by atoms with Crippen LogP contribution in [-0.2, 0) is 35.3 Å². The van der Waals surface area contributed by atoms with Crippen molar-refractivity contribution in [1.29, 1.82) is 0 Å². The van der Waals surface area contributed by atoms with E-state index in [1.165, 1.54) is 20.8 Å². The van der Waals surface area contributed by atoms with Crippen LogP contribution in [0.2, 0.25) is 0 Å². The molecule has 170 valence electrons. The Hall–Kier alpha value is -3.47. The minimum absolute atomic E-state index is 0.0621. The highest BCUT2D eigenvalue weighted by Crippen LogP contribution is 2.02. The fourth-order valence-electron chi connectivity index (χ4n) is 2.29. The number of aliphatic carboxylic acids is 1. The van der Waals surface area contributed by atoms with E-state index in [0.717, 1.165) is 5.56 Å². The lowest BCUT2D eigenvalue weighted by Gasteiger charge is -2.19. The molecule has 0 unspecified atom stereocenters. The van der Waals surface area contributed by atoms with E-state index in [1.54, 1.807) is 24.3 Å². The van der Waals surface area contributed by atoms with Gasteiger partial charge in [-0.2, -0.15) is 0 Å². The summed E-state index contributed by atoms with van der Waals surface area (Å²) in [6, 6.07) is 4.63. The highest BCUT2D eigenvalue weighted by Gasteiger charge is 2.25. The van der Waals surface area contributed by atoms with Crippen LogP contribution in [0.15, 0.2) is 30.3 Å². The van der Waals surface area contributed by atoms with Gasteiger partial charge in [0.2, 0.25) is 17.7 Å². The lowest BCUT2D eigenvalue weighted by Crippen LogP contribution is -2.52. The Labute approximate surface area is 179 Å². The predicted molar refractivity (Wildman–Crippen MR) is 109 cm³/mol. The Morgan fingerprint density at radius 2 is 1.48 bits per heavy atom. The summed E-state index contributed by atoms with van der Waals surface area (Å²) in [4.78, 5) is 58.8. The predicted octanol–water partition coefficient (Wildman–Crippen LogP) is -0.954. The molecule has 0 aliphatic carbocycles. The van der Waals surface area contributed by atoms with Crippen LogP contribution in [0.1, 0.15) is 32.8 Å². The van der Waals surface area contributed by atoms with E-state index in [-0.39, 0.29) is 6.61 Å². The normalized spacial score (nSPS) is 14.3. The summed E-state index contributed by atoms with van der Waals surface area (Å²) in [5, 5.41) is 15.7. The van der Waals surface area contributed by atoms with Crippen molar-refractivity contribution in [3.8, 4) is 0 Å². The van der Waals surface area contributed by atoms with E-state index in [4.69, 9.17) is 15.6 Å². The number of esters is 1. The SMILES string of the molecule is C[C@H](NC(=O)[C@@H](N)CC(=O)N[C@@H](C)C(=O)N[C@H](C)C(=O)OCc1ccccc1)C(=O)O. The molecule has 4 atom stereocenters. The molecule has 0 fully saturated rings. The van der Waals surface area contributed by atoms with E-state index < -0.39 is 60.2 Å². The molecule has 1 rings (SSSR count). The minimum atomic E-state index is -1.29. The van der Waals surface area contributed by atoms with Gasteiger partial charge in [-0.05, 0) is 26.3 Å². The lowest BCUT2D eigenvalue weighted by molar-refractivity contribution is -0.148. The second kappa shape index (κ2) is 12.3. The van der Waals surface area contributed by atoms with Gasteiger partial charge in [-0.3, -0.25) is 19.2 Å². The molecule has 0 aliphatic rings. The maximum atomic E-state index is 12.2. The van der Waals surface area contributed by atoms with Crippen LogP contribution in [0.4, 0.5) is 0 Å². The fourth-order valence-corrected chi connectivity index (χ4v) is 2.29. The second-order valence-corrected chi connectivity index (χ2v) is 6.99. The number of nitrogens with one attached hydrogen (secondary N) is 3. The molecule has 0 saturated carbocycles. The molecule has 11 nitrogen and oxygen atoms in total. The van der Waals surface area contributed by atoms with Crippen molar-refractivity contribution in [3.63, 3.8) is 0 Å². The average molecular weight is 436 g/mol. The zero-order valence-electron chi connectivity index (χ0n) is 17.6. The highest BCUT2D eigenvalue weighted by atomic mass is 16.5. The van der Waals surface area contributed by atoms with Crippen molar-refractivity contribution in [2.75, 3.05) is 0 Å². The molecular weight excluding hydrogens is 408 g/mol. The smallest absolute Gasteiger partial charge is 0.328 e. The van der Waals surface area contributed by atoms with Crippen molar-refractivity contribution in [1.82, 2.24) is 16.0 Å². The van der Waals surface area contributed by atoms with Crippen molar-refractivity contribution in [2.45, 2.75) is 58.0 Å². The number of carbonyl (C=O) groups is 5. The number of hydrogen-bond acceptors (Lipinski definition) is 7. The first-order valence-corrected chi connectivity index (χ1v) is 9.60. The third-order valence-electron chi connectivity index (χ3n) is 4.18. The monoisotopic (exact) mass is 436 g/mol. The summed E-state index contributed by atoms with van der Waals surface area (Å²) < 4.78 is 5.14.